The van der Waals surface area contributed by atoms with E-state index in [-0.39, 0.29) is 12.3 Å². The van der Waals surface area contributed by atoms with E-state index in [1.54, 1.807) is 16.9 Å². The maximum absolute atomic E-state index is 12.3. The van der Waals surface area contributed by atoms with Gasteiger partial charge in [-0.3, -0.25) is 4.79 Å². The molecule has 0 bridgehead atoms. The standard InChI is InChI=1S/C18H13ClN4OS/c19-13-6-7-15-16(9-13)25-18(21-15)22-17(24)8-12-10-20-23(11-12)14-4-2-1-3-5-14/h1-7,9-11H,8H2,(H,21,22,24). The van der Waals surface area contributed by atoms with Gasteiger partial charge in [0, 0.05) is 11.2 Å². The number of rotatable bonds is 4. The average molecular weight is 369 g/mol. The van der Waals surface area contributed by atoms with E-state index < -0.39 is 0 Å². The minimum atomic E-state index is -0.127. The number of aromatic nitrogens is 3. The minimum absolute atomic E-state index is 0.127. The Kier molecular flexibility index (Phi) is 4.21. The molecule has 0 aliphatic carbocycles. The van der Waals surface area contributed by atoms with Gasteiger partial charge < -0.3 is 5.32 Å². The molecule has 0 saturated heterocycles. The van der Waals surface area contributed by atoms with Gasteiger partial charge in [0.05, 0.1) is 28.5 Å². The molecule has 124 valence electrons. The molecule has 0 aliphatic rings. The van der Waals surface area contributed by atoms with Gasteiger partial charge in [0.15, 0.2) is 5.13 Å². The number of hydrogen-bond donors (Lipinski definition) is 1. The lowest BCUT2D eigenvalue weighted by atomic mass is 10.2. The number of nitrogens with zero attached hydrogens (tertiary/aromatic N) is 3. The van der Waals surface area contributed by atoms with Crippen molar-refractivity contribution < 1.29 is 4.79 Å². The van der Waals surface area contributed by atoms with Crippen molar-refractivity contribution in [2.45, 2.75) is 6.42 Å². The van der Waals surface area contributed by atoms with E-state index in [4.69, 9.17) is 11.6 Å². The van der Waals surface area contributed by atoms with Crippen LogP contribution in [0.15, 0.2) is 60.9 Å². The number of hydrogen-bond acceptors (Lipinski definition) is 4. The maximum Gasteiger partial charge on any atom is 0.230 e. The second-order valence-electron chi connectivity index (χ2n) is 5.48. The number of para-hydroxylation sites is 1. The van der Waals surface area contributed by atoms with Crippen LogP contribution < -0.4 is 5.32 Å². The van der Waals surface area contributed by atoms with Gasteiger partial charge in [-0.2, -0.15) is 5.10 Å². The zero-order valence-electron chi connectivity index (χ0n) is 13.0. The van der Waals surface area contributed by atoms with Gasteiger partial charge in [0.2, 0.25) is 5.91 Å². The zero-order chi connectivity index (χ0) is 17.2. The summed E-state index contributed by atoms with van der Waals surface area (Å²) in [6, 6.07) is 15.2. The van der Waals surface area contributed by atoms with Crippen LogP contribution in [0.2, 0.25) is 5.02 Å². The number of fused-ring (bicyclic) bond motifs is 1. The first-order chi connectivity index (χ1) is 12.2. The molecule has 4 aromatic rings. The van der Waals surface area contributed by atoms with Crippen molar-refractivity contribution in [1.29, 1.82) is 0 Å². The van der Waals surface area contributed by atoms with Crippen LogP contribution in [-0.4, -0.2) is 20.7 Å². The van der Waals surface area contributed by atoms with E-state index >= 15 is 0 Å². The molecule has 2 aromatic heterocycles. The molecule has 5 nitrogen and oxygen atoms in total. The first-order valence-electron chi connectivity index (χ1n) is 7.62. The molecule has 0 unspecified atom stereocenters. The van der Waals surface area contributed by atoms with Crippen molar-refractivity contribution in [3.63, 3.8) is 0 Å². The summed E-state index contributed by atoms with van der Waals surface area (Å²) in [6.45, 7) is 0. The molecule has 2 heterocycles. The van der Waals surface area contributed by atoms with Crippen molar-refractivity contribution in [2.24, 2.45) is 0 Å². The lowest BCUT2D eigenvalue weighted by molar-refractivity contribution is -0.115. The van der Waals surface area contributed by atoms with Gasteiger partial charge in [-0.15, -0.1) is 0 Å². The van der Waals surface area contributed by atoms with Crippen molar-refractivity contribution in [3.05, 3.63) is 71.5 Å². The fourth-order valence-corrected chi connectivity index (χ4v) is 3.63. The molecule has 4 rings (SSSR count). The van der Waals surface area contributed by atoms with Crippen molar-refractivity contribution in [2.75, 3.05) is 5.32 Å². The van der Waals surface area contributed by atoms with Crippen LogP contribution in [0.25, 0.3) is 15.9 Å². The Morgan fingerprint density at radius 3 is 2.88 bits per heavy atom. The summed E-state index contributed by atoms with van der Waals surface area (Å²) in [4.78, 5) is 16.7. The lowest BCUT2D eigenvalue weighted by Gasteiger charge is -2.00. The predicted molar refractivity (Wildman–Crippen MR) is 101 cm³/mol. The third-order valence-corrected chi connectivity index (χ3v) is 4.79. The largest absolute Gasteiger partial charge is 0.302 e. The number of carbonyl (C=O) groups excluding carboxylic acids is 1. The van der Waals surface area contributed by atoms with Crippen LogP contribution in [0.5, 0.6) is 0 Å². The zero-order valence-corrected chi connectivity index (χ0v) is 14.6. The Morgan fingerprint density at radius 1 is 1.20 bits per heavy atom. The summed E-state index contributed by atoms with van der Waals surface area (Å²) in [5.74, 6) is -0.127. The molecule has 7 heteroatoms. The van der Waals surface area contributed by atoms with Crippen LogP contribution in [0.3, 0.4) is 0 Å². The molecule has 2 aromatic carbocycles. The second kappa shape index (κ2) is 6.66. The van der Waals surface area contributed by atoms with Crippen molar-refractivity contribution in [3.8, 4) is 5.69 Å². The Balaban J connectivity index is 1.46. The van der Waals surface area contributed by atoms with Gasteiger partial charge >= 0.3 is 0 Å². The molecule has 0 radical (unpaired) electrons. The van der Waals surface area contributed by atoms with Crippen LogP contribution in [0.1, 0.15) is 5.56 Å². The maximum atomic E-state index is 12.3. The van der Waals surface area contributed by atoms with Crippen LogP contribution in [-0.2, 0) is 11.2 Å². The Morgan fingerprint density at radius 2 is 2.04 bits per heavy atom. The Labute approximate surface area is 152 Å². The summed E-state index contributed by atoms with van der Waals surface area (Å²) < 4.78 is 2.70. The van der Waals surface area contributed by atoms with E-state index in [1.165, 1.54) is 11.3 Å². The van der Waals surface area contributed by atoms with Gasteiger partial charge in [-0.05, 0) is 35.9 Å². The van der Waals surface area contributed by atoms with Crippen molar-refractivity contribution in [1.82, 2.24) is 14.8 Å². The average Bonchev–Trinajstić information content (AvgIpc) is 3.21. The third kappa shape index (κ3) is 3.55. The summed E-state index contributed by atoms with van der Waals surface area (Å²) in [5, 5.41) is 8.36. The smallest absolute Gasteiger partial charge is 0.230 e. The quantitative estimate of drug-likeness (QED) is 0.583. The molecular weight excluding hydrogens is 356 g/mol. The lowest BCUT2D eigenvalue weighted by Crippen LogP contribution is -2.13. The third-order valence-electron chi connectivity index (χ3n) is 3.62. The van der Waals surface area contributed by atoms with E-state index in [2.05, 4.69) is 15.4 Å². The summed E-state index contributed by atoms with van der Waals surface area (Å²) in [5.41, 5.74) is 2.62. The first-order valence-corrected chi connectivity index (χ1v) is 8.82. The van der Waals surface area contributed by atoms with Crippen molar-refractivity contribution >= 4 is 44.2 Å². The first kappa shape index (κ1) is 15.8. The summed E-state index contributed by atoms with van der Waals surface area (Å²) in [7, 11) is 0. The highest BCUT2D eigenvalue weighted by Crippen LogP contribution is 2.28. The summed E-state index contributed by atoms with van der Waals surface area (Å²) >= 11 is 7.38. The van der Waals surface area contributed by atoms with Crippen LogP contribution >= 0.6 is 22.9 Å². The highest BCUT2D eigenvalue weighted by Gasteiger charge is 2.10. The number of amides is 1. The molecule has 1 amide bonds. The molecule has 0 aliphatic heterocycles. The van der Waals surface area contributed by atoms with Gasteiger partial charge in [0.1, 0.15) is 0 Å². The molecule has 0 saturated carbocycles. The highest BCUT2D eigenvalue weighted by molar-refractivity contribution is 7.22. The van der Waals surface area contributed by atoms with E-state index in [0.717, 1.165) is 21.5 Å². The van der Waals surface area contributed by atoms with E-state index in [1.807, 2.05) is 48.7 Å². The number of halogens is 1. The van der Waals surface area contributed by atoms with E-state index in [0.29, 0.717) is 10.2 Å². The number of benzene rings is 2. The Hall–Kier alpha value is -2.70. The second-order valence-corrected chi connectivity index (χ2v) is 6.95. The van der Waals surface area contributed by atoms with Crippen LogP contribution in [0.4, 0.5) is 5.13 Å². The predicted octanol–water partition coefficient (Wildman–Crippen LogP) is 4.32. The Bertz CT molecular complexity index is 1040. The molecule has 0 atom stereocenters. The number of carbonyl (C=O) groups is 1. The van der Waals surface area contributed by atoms with Gasteiger partial charge in [0.25, 0.3) is 0 Å². The molecule has 0 fully saturated rings. The minimum Gasteiger partial charge on any atom is -0.302 e. The fraction of sp³-hybridized carbons (Fsp3) is 0.0556. The topological polar surface area (TPSA) is 59.8 Å². The molecular formula is C18H13ClN4OS. The molecule has 0 spiro atoms. The highest BCUT2D eigenvalue weighted by atomic mass is 35.5. The summed E-state index contributed by atoms with van der Waals surface area (Å²) in [6.07, 6.45) is 3.79. The van der Waals surface area contributed by atoms with Gasteiger partial charge in [-0.1, -0.05) is 41.1 Å². The van der Waals surface area contributed by atoms with Gasteiger partial charge in [-0.25, -0.2) is 9.67 Å². The normalized spacial score (nSPS) is 10.9. The van der Waals surface area contributed by atoms with E-state index in [9.17, 15) is 4.79 Å². The fourth-order valence-electron chi connectivity index (χ4n) is 2.47. The number of nitrogens with one attached hydrogen (secondary N) is 1. The number of anilines is 1. The monoisotopic (exact) mass is 368 g/mol. The SMILES string of the molecule is O=C(Cc1cnn(-c2ccccc2)c1)Nc1nc2ccc(Cl)cc2s1. The van der Waals surface area contributed by atoms with Crippen LogP contribution in [0, 0.1) is 0 Å². The number of thiazole rings is 1. The molecule has 25 heavy (non-hydrogen) atoms. The molecule has 1 N–H and O–H groups in total.